The van der Waals surface area contributed by atoms with Crippen molar-refractivity contribution in [2.24, 2.45) is 15.8 Å². The molecule has 0 bridgehead atoms. The lowest BCUT2D eigenvalue weighted by Crippen LogP contribution is -2.49. The third-order valence-corrected chi connectivity index (χ3v) is 5.32. The zero-order valence-electron chi connectivity index (χ0n) is 16.8. The molecule has 30 heavy (non-hydrogen) atoms. The molecule has 0 aliphatic carbocycles. The Morgan fingerprint density at radius 1 is 1.17 bits per heavy atom. The average Bonchev–Trinajstić information content (AvgIpc) is 3.30. The zero-order chi connectivity index (χ0) is 21.6. The largest absolute Gasteiger partial charge is 0.481 e. The van der Waals surface area contributed by atoms with Gasteiger partial charge in [0, 0.05) is 6.04 Å². The number of nitrogens with one attached hydrogen (secondary N) is 2. The minimum absolute atomic E-state index is 0.0893. The second-order valence-electron chi connectivity index (χ2n) is 7.81. The van der Waals surface area contributed by atoms with Crippen molar-refractivity contribution in [2.45, 2.75) is 31.8 Å². The number of aliphatic carboxylic acids is 1. The summed E-state index contributed by atoms with van der Waals surface area (Å²) in [5, 5.41) is 29.5. The summed E-state index contributed by atoms with van der Waals surface area (Å²) in [5.74, 6) is -1.40. The summed E-state index contributed by atoms with van der Waals surface area (Å²) in [7, 11) is 0. The quantitative estimate of drug-likeness (QED) is 0.505. The predicted octanol–water partition coefficient (Wildman–Crippen LogP) is 2.19. The first-order chi connectivity index (χ1) is 14.4. The van der Waals surface area contributed by atoms with Crippen molar-refractivity contribution < 1.29 is 19.8 Å². The highest BCUT2D eigenvalue weighted by molar-refractivity contribution is 5.82. The van der Waals surface area contributed by atoms with Crippen LogP contribution < -0.4 is 10.7 Å². The van der Waals surface area contributed by atoms with Crippen molar-refractivity contribution in [2.75, 3.05) is 13.2 Å². The number of hydrogen-bond donors (Lipinski definition) is 4. The van der Waals surface area contributed by atoms with Crippen molar-refractivity contribution in [1.82, 2.24) is 10.7 Å². The van der Waals surface area contributed by atoms with Gasteiger partial charge in [-0.15, -0.1) is 0 Å². The Labute approximate surface area is 175 Å². The minimum Gasteiger partial charge on any atom is -0.481 e. The second-order valence-corrected chi connectivity index (χ2v) is 7.81. The van der Waals surface area contributed by atoms with Crippen LogP contribution in [0.5, 0.6) is 0 Å². The number of benzene rings is 2. The van der Waals surface area contributed by atoms with Crippen molar-refractivity contribution in [3.05, 3.63) is 60.2 Å². The van der Waals surface area contributed by atoms with Gasteiger partial charge in [0.2, 0.25) is 5.91 Å². The molecule has 0 saturated carbocycles. The molecular weight excluding hydrogens is 384 g/mol. The first-order valence-electron chi connectivity index (χ1n) is 9.82. The maximum Gasteiger partial charge on any atom is 0.311 e. The van der Waals surface area contributed by atoms with Crippen LogP contribution in [0.1, 0.15) is 18.9 Å². The number of carbonyl (C=O) groups is 2. The molecule has 158 valence electrons. The fourth-order valence-electron chi connectivity index (χ4n) is 3.40. The van der Waals surface area contributed by atoms with Gasteiger partial charge in [-0.05, 0) is 36.5 Å². The van der Waals surface area contributed by atoms with E-state index in [0.29, 0.717) is 6.42 Å². The molecule has 8 nitrogen and oxygen atoms in total. The van der Waals surface area contributed by atoms with E-state index in [1.807, 2.05) is 54.6 Å². The van der Waals surface area contributed by atoms with Crippen molar-refractivity contribution >= 4 is 11.9 Å². The van der Waals surface area contributed by atoms with E-state index in [9.17, 15) is 19.8 Å². The number of carboxylic acid groups (broad SMARTS) is 1. The van der Waals surface area contributed by atoms with Crippen molar-refractivity contribution in [3.63, 3.8) is 0 Å². The summed E-state index contributed by atoms with van der Waals surface area (Å²) in [4.78, 5) is 24.2. The number of carboxylic acids is 1. The van der Waals surface area contributed by atoms with Gasteiger partial charge in [-0.1, -0.05) is 59.8 Å². The smallest absolute Gasteiger partial charge is 0.311 e. The molecule has 0 spiro atoms. The number of nitrogens with zero attached hydrogens (tertiary/aromatic N) is 2. The van der Waals surface area contributed by atoms with Crippen LogP contribution in [0, 0.1) is 5.41 Å². The Bertz CT molecular complexity index is 893. The van der Waals surface area contributed by atoms with Crippen LogP contribution in [0.25, 0.3) is 11.1 Å². The van der Waals surface area contributed by atoms with Gasteiger partial charge in [-0.3, -0.25) is 15.0 Å². The molecule has 0 aromatic heterocycles. The highest BCUT2D eigenvalue weighted by atomic mass is 16.4. The molecule has 1 amide bonds. The zero-order valence-corrected chi connectivity index (χ0v) is 16.8. The number of amides is 1. The summed E-state index contributed by atoms with van der Waals surface area (Å²) in [6, 6.07) is 16.9. The molecule has 3 rings (SSSR count). The summed E-state index contributed by atoms with van der Waals surface area (Å²) >= 11 is 0. The molecule has 8 heteroatoms. The first kappa shape index (κ1) is 21.4. The molecule has 2 aromatic carbocycles. The van der Waals surface area contributed by atoms with Gasteiger partial charge in [0.1, 0.15) is 6.04 Å². The number of carbonyl (C=O) groups excluding carboxylic acids is 1. The van der Waals surface area contributed by atoms with E-state index >= 15 is 0 Å². The lowest BCUT2D eigenvalue weighted by atomic mass is 9.82. The lowest BCUT2D eigenvalue weighted by Gasteiger charge is -2.29. The van der Waals surface area contributed by atoms with E-state index in [2.05, 4.69) is 21.1 Å². The highest BCUT2D eigenvalue weighted by Crippen LogP contribution is 2.26. The fourth-order valence-corrected chi connectivity index (χ4v) is 3.40. The second kappa shape index (κ2) is 9.49. The summed E-state index contributed by atoms with van der Waals surface area (Å²) in [6.45, 7) is 1.19. The molecule has 2 aromatic rings. The van der Waals surface area contributed by atoms with Crippen LogP contribution in [-0.4, -0.2) is 47.3 Å². The first-order valence-corrected chi connectivity index (χ1v) is 9.82. The standard InChI is InChI=1S/C22H26N4O4/c1-22(14-27,21(29)30)12-18(24-20(28)19-13-23-26-25-19)11-15-7-9-17(10-8-15)16-5-3-2-4-6-16/h2-10,18-19,27H,11-14H2,1H3,(H,23,25)(H,24,28)(H,29,30). The van der Waals surface area contributed by atoms with Gasteiger partial charge in [-0.25, -0.2) is 0 Å². The third kappa shape index (κ3) is 5.21. The molecule has 0 fully saturated rings. The van der Waals surface area contributed by atoms with E-state index in [0.717, 1.165) is 16.7 Å². The van der Waals surface area contributed by atoms with E-state index < -0.39 is 30.1 Å². The molecule has 1 heterocycles. The molecule has 1 aliphatic rings. The van der Waals surface area contributed by atoms with Crippen molar-refractivity contribution in [1.29, 1.82) is 0 Å². The van der Waals surface area contributed by atoms with E-state index in [4.69, 9.17) is 0 Å². The highest BCUT2D eigenvalue weighted by Gasteiger charge is 2.36. The molecule has 3 atom stereocenters. The molecule has 4 N–H and O–H groups in total. The monoisotopic (exact) mass is 410 g/mol. The van der Waals surface area contributed by atoms with Crippen LogP contribution in [-0.2, 0) is 16.0 Å². The Balaban J connectivity index is 1.75. The normalized spacial score (nSPS) is 18.3. The van der Waals surface area contributed by atoms with Crippen LogP contribution in [0.4, 0.5) is 0 Å². The van der Waals surface area contributed by atoms with Crippen LogP contribution in [0.3, 0.4) is 0 Å². The molecule has 1 aliphatic heterocycles. The topological polar surface area (TPSA) is 123 Å². The average molecular weight is 410 g/mol. The summed E-state index contributed by atoms with van der Waals surface area (Å²) in [5.41, 5.74) is 4.41. The predicted molar refractivity (Wildman–Crippen MR) is 112 cm³/mol. The van der Waals surface area contributed by atoms with Crippen molar-refractivity contribution in [3.8, 4) is 11.1 Å². The number of rotatable bonds is 9. The molecular formula is C22H26N4O4. The minimum atomic E-state index is -1.36. The summed E-state index contributed by atoms with van der Waals surface area (Å²) in [6.07, 6.45) is 0.525. The van der Waals surface area contributed by atoms with Gasteiger partial charge >= 0.3 is 5.97 Å². The Kier molecular flexibility index (Phi) is 6.79. The van der Waals surface area contributed by atoms with E-state index in [1.54, 1.807) is 0 Å². The SMILES string of the molecule is CC(CO)(CC(Cc1ccc(-c2ccccc2)cc1)NC(=O)C1CN=NN1)C(=O)O. The Morgan fingerprint density at radius 2 is 1.83 bits per heavy atom. The third-order valence-electron chi connectivity index (χ3n) is 5.32. The summed E-state index contributed by atoms with van der Waals surface area (Å²) < 4.78 is 0. The van der Waals surface area contributed by atoms with Crippen LogP contribution in [0.2, 0.25) is 0 Å². The van der Waals surface area contributed by atoms with E-state index in [-0.39, 0.29) is 18.9 Å². The Morgan fingerprint density at radius 3 is 2.40 bits per heavy atom. The maximum absolute atomic E-state index is 12.5. The molecule has 0 radical (unpaired) electrons. The fraction of sp³-hybridized carbons (Fsp3) is 0.364. The Hall–Kier alpha value is -3.26. The van der Waals surface area contributed by atoms with Gasteiger partial charge < -0.3 is 15.5 Å². The number of aliphatic hydroxyl groups is 1. The molecule has 3 unspecified atom stereocenters. The number of aliphatic hydroxyl groups excluding tert-OH is 1. The van der Waals surface area contributed by atoms with Gasteiger partial charge in [0.05, 0.1) is 18.6 Å². The van der Waals surface area contributed by atoms with Crippen LogP contribution in [0.15, 0.2) is 64.9 Å². The van der Waals surface area contributed by atoms with E-state index in [1.165, 1.54) is 6.92 Å². The lowest BCUT2D eigenvalue weighted by molar-refractivity contribution is -0.151. The van der Waals surface area contributed by atoms with Gasteiger partial charge in [0.25, 0.3) is 0 Å². The molecule has 0 saturated heterocycles. The maximum atomic E-state index is 12.5. The number of hydrogen-bond acceptors (Lipinski definition) is 6. The van der Waals surface area contributed by atoms with Gasteiger partial charge in [-0.2, -0.15) is 5.11 Å². The van der Waals surface area contributed by atoms with Crippen LogP contribution >= 0.6 is 0 Å². The van der Waals surface area contributed by atoms with Gasteiger partial charge in [0.15, 0.2) is 0 Å².